The molecule has 2 saturated heterocycles. The lowest BCUT2D eigenvalue weighted by molar-refractivity contribution is -0.0000209. The number of nitrogens with zero attached hydrogens (tertiary/aromatic N) is 3. The molecule has 0 aliphatic carbocycles. The van der Waals surface area contributed by atoms with Gasteiger partial charge in [-0.15, -0.1) is 0 Å². The highest BCUT2D eigenvalue weighted by Crippen LogP contribution is 2.28. The fraction of sp³-hybridized carbons (Fsp3) is 0.632. The summed E-state index contributed by atoms with van der Waals surface area (Å²) in [7, 11) is -3.72. The average molecular weight is 465 g/mol. The van der Waals surface area contributed by atoms with Crippen molar-refractivity contribution in [2.75, 3.05) is 52.4 Å². The summed E-state index contributed by atoms with van der Waals surface area (Å²) in [5, 5.41) is 9.18. The zero-order valence-electron chi connectivity index (χ0n) is 16.4. The van der Waals surface area contributed by atoms with Gasteiger partial charge in [-0.3, -0.25) is 9.69 Å². The van der Waals surface area contributed by atoms with Crippen molar-refractivity contribution < 1.29 is 30.7 Å². The van der Waals surface area contributed by atoms with Crippen LogP contribution in [0.5, 0.6) is 0 Å². The molecule has 1 N–H and O–H groups in total. The van der Waals surface area contributed by atoms with Gasteiger partial charge in [-0.05, 0) is 31.0 Å². The van der Waals surface area contributed by atoms with Gasteiger partial charge in [0.1, 0.15) is 4.90 Å². The van der Waals surface area contributed by atoms with Crippen LogP contribution in [0, 0.1) is 0 Å². The number of benzene rings is 1. The number of carbonyl (C=O) groups is 1. The maximum atomic E-state index is 13.1. The maximum Gasteiger partial charge on any atom is 0.253 e. The highest BCUT2D eigenvalue weighted by atomic mass is 35.5. The van der Waals surface area contributed by atoms with Crippen molar-refractivity contribution in [3.8, 4) is 0 Å². The van der Waals surface area contributed by atoms with E-state index < -0.39 is 10.0 Å². The lowest BCUT2D eigenvalue weighted by Gasteiger charge is -2.34. The molecular formula is C19H28Cl2N3O4S-. The number of sulfonamides is 1. The molecule has 0 saturated carbocycles. The molecule has 10 heteroatoms. The molecule has 2 aliphatic rings. The van der Waals surface area contributed by atoms with Crippen LogP contribution in [0.1, 0.15) is 36.0 Å². The number of hydrogen-bond acceptors (Lipinski definition) is 5. The summed E-state index contributed by atoms with van der Waals surface area (Å²) in [4.78, 5) is 16.7. The average Bonchev–Trinajstić information content (AvgIpc) is 2.99. The molecule has 0 spiro atoms. The van der Waals surface area contributed by atoms with E-state index in [4.69, 9.17) is 16.7 Å². The van der Waals surface area contributed by atoms with Crippen LogP contribution in [0.15, 0.2) is 23.1 Å². The van der Waals surface area contributed by atoms with Crippen molar-refractivity contribution in [1.82, 2.24) is 14.1 Å². The van der Waals surface area contributed by atoms with Crippen LogP contribution in [0.2, 0.25) is 5.02 Å². The van der Waals surface area contributed by atoms with Crippen molar-refractivity contribution in [3.63, 3.8) is 0 Å². The Balaban J connectivity index is 0.00000300. The first kappa shape index (κ1) is 24.4. The fourth-order valence-corrected chi connectivity index (χ4v) is 5.77. The molecule has 0 unspecified atom stereocenters. The normalized spacial score (nSPS) is 19.4. The summed E-state index contributed by atoms with van der Waals surface area (Å²) < 4.78 is 27.7. The van der Waals surface area contributed by atoms with Gasteiger partial charge in [-0.1, -0.05) is 24.4 Å². The third-order valence-electron chi connectivity index (χ3n) is 5.44. The Labute approximate surface area is 184 Å². The minimum atomic E-state index is -3.72. The third kappa shape index (κ3) is 5.83. The van der Waals surface area contributed by atoms with Crippen LogP contribution in [0.3, 0.4) is 0 Å². The molecule has 1 amide bonds. The molecule has 1 aromatic rings. The van der Waals surface area contributed by atoms with Crippen LogP contribution in [-0.4, -0.2) is 86.0 Å². The Morgan fingerprint density at radius 3 is 2.21 bits per heavy atom. The Morgan fingerprint density at radius 2 is 1.62 bits per heavy atom. The molecule has 3 rings (SSSR count). The zero-order chi connectivity index (χ0) is 20.1. The predicted octanol–water partition coefficient (Wildman–Crippen LogP) is -1.34. The Kier molecular flexibility index (Phi) is 9.18. The van der Waals surface area contributed by atoms with Gasteiger partial charge in [-0.25, -0.2) is 8.42 Å². The molecule has 1 aromatic carbocycles. The second kappa shape index (κ2) is 10.9. The van der Waals surface area contributed by atoms with Crippen molar-refractivity contribution in [2.45, 2.75) is 30.6 Å². The van der Waals surface area contributed by atoms with Crippen molar-refractivity contribution >= 4 is 27.5 Å². The van der Waals surface area contributed by atoms with E-state index in [0.717, 1.165) is 25.7 Å². The van der Waals surface area contributed by atoms with E-state index in [1.807, 2.05) is 0 Å². The van der Waals surface area contributed by atoms with Crippen LogP contribution in [0.4, 0.5) is 0 Å². The smallest absolute Gasteiger partial charge is 0.253 e. The SMILES string of the molecule is O=C(c1ccc(Cl)c(S(=O)(=O)N2CCCCCC2)c1)N1CCN(CCO)CC1.[Cl-]. The highest BCUT2D eigenvalue weighted by Gasteiger charge is 2.29. The molecule has 0 radical (unpaired) electrons. The summed E-state index contributed by atoms with van der Waals surface area (Å²) in [6.45, 7) is 4.17. The number of hydrogen-bond donors (Lipinski definition) is 1. The molecule has 29 heavy (non-hydrogen) atoms. The van der Waals surface area contributed by atoms with Gasteiger partial charge in [0.05, 0.1) is 11.6 Å². The number of halogens is 2. The van der Waals surface area contributed by atoms with E-state index in [0.29, 0.717) is 51.4 Å². The van der Waals surface area contributed by atoms with Gasteiger partial charge >= 0.3 is 0 Å². The van der Waals surface area contributed by atoms with Crippen molar-refractivity contribution in [3.05, 3.63) is 28.8 Å². The Morgan fingerprint density at radius 1 is 1.00 bits per heavy atom. The zero-order valence-corrected chi connectivity index (χ0v) is 18.7. The standard InChI is InChI=1S/C19H28ClN3O4S.ClH/c20-17-6-5-16(19(25)22-11-9-21(10-12-22)13-14-24)15-18(17)28(26,27)23-7-3-1-2-4-8-23;/h5-6,15,24H,1-4,7-14H2;1H/p-1. The van der Waals surface area contributed by atoms with Crippen molar-refractivity contribution in [1.29, 1.82) is 0 Å². The Bertz CT molecular complexity index is 791. The first-order valence-electron chi connectivity index (χ1n) is 9.85. The topological polar surface area (TPSA) is 81.2 Å². The lowest BCUT2D eigenvalue weighted by atomic mass is 10.2. The quantitative estimate of drug-likeness (QED) is 0.583. The van der Waals surface area contributed by atoms with Crippen LogP contribution in [0.25, 0.3) is 0 Å². The molecule has 2 fully saturated rings. The second-order valence-corrected chi connectivity index (χ2v) is 9.63. The van der Waals surface area contributed by atoms with Crippen LogP contribution >= 0.6 is 11.6 Å². The highest BCUT2D eigenvalue weighted by molar-refractivity contribution is 7.89. The molecular weight excluding hydrogens is 437 g/mol. The molecule has 2 aliphatic heterocycles. The van der Waals surface area contributed by atoms with E-state index in [1.54, 1.807) is 11.0 Å². The summed E-state index contributed by atoms with van der Waals surface area (Å²) in [6, 6.07) is 4.51. The maximum absolute atomic E-state index is 13.1. The molecule has 0 atom stereocenters. The number of aliphatic hydroxyl groups excluding tert-OH is 1. The number of carbonyl (C=O) groups excluding carboxylic acids is 1. The molecule has 0 bridgehead atoms. The van der Waals surface area contributed by atoms with E-state index >= 15 is 0 Å². The summed E-state index contributed by atoms with van der Waals surface area (Å²) >= 11 is 6.22. The first-order valence-corrected chi connectivity index (χ1v) is 11.7. The van der Waals surface area contributed by atoms with E-state index in [9.17, 15) is 13.2 Å². The minimum Gasteiger partial charge on any atom is -1.00 e. The first-order chi connectivity index (χ1) is 13.4. The number of β-amino-alcohol motifs (C(OH)–C–C–N with tert-alkyl or cyclic N) is 1. The predicted molar refractivity (Wildman–Crippen MR) is 108 cm³/mol. The number of rotatable bonds is 5. The van der Waals surface area contributed by atoms with Crippen LogP contribution in [-0.2, 0) is 10.0 Å². The number of amides is 1. The molecule has 2 heterocycles. The van der Waals surface area contributed by atoms with Gasteiger partial charge in [-0.2, -0.15) is 4.31 Å². The van der Waals surface area contributed by atoms with Gasteiger partial charge in [0, 0.05) is 51.4 Å². The fourth-order valence-electron chi connectivity index (χ4n) is 3.75. The monoisotopic (exact) mass is 464 g/mol. The van der Waals surface area contributed by atoms with E-state index in [2.05, 4.69) is 4.90 Å². The molecule has 164 valence electrons. The van der Waals surface area contributed by atoms with E-state index in [-0.39, 0.29) is 34.8 Å². The largest absolute Gasteiger partial charge is 1.00 e. The summed E-state index contributed by atoms with van der Waals surface area (Å²) in [5.41, 5.74) is 0.341. The van der Waals surface area contributed by atoms with Crippen molar-refractivity contribution in [2.24, 2.45) is 0 Å². The number of piperazine rings is 1. The van der Waals surface area contributed by atoms with Gasteiger partial charge in [0.15, 0.2) is 0 Å². The van der Waals surface area contributed by atoms with Crippen LogP contribution < -0.4 is 12.4 Å². The summed E-state index contributed by atoms with van der Waals surface area (Å²) in [6.07, 6.45) is 3.74. The Hall–Kier alpha value is -0.900. The lowest BCUT2D eigenvalue weighted by Crippen LogP contribution is -3.00. The van der Waals surface area contributed by atoms with Gasteiger partial charge in [0.2, 0.25) is 10.0 Å². The molecule has 0 aromatic heterocycles. The number of aliphatic hydroxyl groups is 1. The third-order valence-corrected chi connectivity index (χ3v) is 7.82. The second-order valence-electron chi connectivity index (χ2n) is 7.32. The molecule has 7 nitrogen and oxygen atoms in total. The van der Waals surface area contributed by atoms with E-state index in [1.165, 1.54) is 16.4 Å². The minimum absolute atomic E-state index is 0. The van der Waals surface area contributed by atoms with Gasteiger partial charge < -0.3 is 22.4 Å². The summed E-state index contributed by atoms with van der Waals surface area (Å²) in [5.74, 6) is -0.187. The van der Waals surface area contributed by atoms with Gasteiger partial charge in [0.25, 0.3) is 5.91 Å².